The van der Waals surface area contributed by atoms with Crippen LogP contribution in [-0.4, -0.2) is 37.6 Å². The number of aryl methyl sites for hydroxylation is 1. The molecule has 7 nitrogen and oxygen atoms in total. The molecule has 0 heterocycles. The molecular weight excluding hydrogens is 334 g/mol. The Morgan fingerprint density at radius 2 is 1.92 bits per heavy atom. The van der Waals surface area contributed by atoms with Crippen LogP contribution in [-0.2, 0) is 19.6 Å². The summed E-state index contributed by atoms with van der Waals surface area (Å²) in [6.07, 6.45) is -0.0182. The van der Waals surface area contributed by atoms with Crippen molar-refractivity contribution < 1.29 is 27.9 Å². The lowest BCUT2D eigenvalue weighted by molar-refractivity contribution is -0.137. The second-order valence-corrected chi connectivity index (χ2v) is 7.76. The van der Waals surface area contributed by atoms with Gasteiger partial charge in [0.2, 0.25) is 10.0 Å². The highest BCUT2D eigenvalue weighted by Crippen LogP contribution is 2.20. The van der Waals surface area contributed by atoms with Gasteiger partial charge in [0, 0.05) is 12.0 Å². The molecule has 0 saturated heterocycles. The van der Waals surface area contributed by atoms with Crippen LogP contribution in [0.1, 0.15) is 49.5 Å². The van der Waals surface area contributed by atoms with Crippen molar-refractivity contribution >= 4 is 22.0 Å². The molecular formula is C16H23NO6S. The highest BCUT2D eigenvalue weighted by molar-refractivity contribution is 7.89. The lowest BCUT2D eigenvalue weighted by Gasteiger charge is -2.25. The largest absolute Gasteiger partial charge is 0.481 e. The van der Waals surface area contributed by atoms with Crippen LogP contribution < -0.4 is 4.72 Å². The summed E-state index contributed by atoms with van der Waals surface area (Å²) in [4.78, 5) is 22.5. The summed E-state index contributed by atoms with van der Waals surface area (Å²) in [5.41, 5.74) is -0.146. The summed E-state index contributed by atoms with van der Waals surface area (Å²) in [6.45, 7) is 6.75. The Bertz CT molecular complexity index is 724. The third-order valence-electron chi connectivity index (χ3n) is 3.39. The normalized spacial score (nSPS) is 12.0. The van der Waals surface area contributed by atoms with Crippen molar-refractivity contribution in [3.05, 3.63) is 29.3 Å². The van der Waals surface area contributed by atoms with E-state index < -0.39 is 27.5 Å². The molecule has 0 fully saturated rings. The van der Waals surface area contributed by atoms with Crippen molar-refractivity contribution in [2.24, 2.45) is 0 Å². The predicted octanol–water partition coefficient (Wildman–Crippen LogP) is 2.09. The molecule has 0 spiro atoms. The van der Waals surface area contributed by atoms with Gasteiger partial charge in [-0.1, -0.05) is 6.07 Å². The van der Waals surface area contributed by atoms with Crippen LogP contribution >= 0.6 is 0 Å². The minimum absolute atomic E-state index is 0.0699. The standard InChI is InChI=1S/C16H23NO6S/c1-5-23-15(20)13-10-12(7-6-11(13)2)24(21,22)17-16(3,4)9-8-14(18)19/h6-7,10,17H,5,8-9H2,1-4H3,(H,18,19). The van der Waals surface area contributed by atoms with Gasteiger partial charge in [0.15, 0.2) is 0 Å². The summed E-state index contributed by atoms with van der Waals surface area (Å²) in [5, 5.41) is 8.74. The lowest BCUT2D eigenvalue weighted by Crippen LogP contribution is -2.43. The molecule has 0 unspecified atom stereocenters. The molecule has 0 saturated carbocycles. The first-order chi connectivity index (χ1) is 11.0. The van der Waals surface area contributed by atoms with E-state index in [9.17, 15) is 18.0 Å². The number of nitrogens with one attached hydrogen (secondary N) is 1. The first-order valence-corrected chi connectivity index (χ1v) is 9.00. The fourth-order valence-electron chi connectivity index (χ4n) is 2.09. The van der Waals surface area contributed by atoms with Gasteiger partial charge < -0.3 is 9.84 Å². The average Bonchev–Trinajstić information content (AvgIpc) is 2.44. The number of carbonyl (C=O) groups excluding carboxylic acids is 1. The number of rotatable bonds is 8. The van der Waals surface area contributed by atoms with Gasteiger partial charge in [0.1, 0.15) is 0 Å². The number of benzene rings is 1. The summed E-state index contributed by atoms with van der Waals surface area (Å²) in [5.74, 6) is -1.58. The number of aliphatic carboxylic acids is 1. The maximum atomic E-state index is 12.5. The van der Waals surface area contributed by atoms with Gasteiger partial charge in [-0.05, 0) is 51.8 Å². The van der Waals surface area contributed by atoms with E-state index in [0.717, 1.165) is 0 Å². The molecule has 8 heteroatoms. The summed E-state index contributed by atoms with van der Waals surface area (Å²) in [6, 6.07) is 4.20. The quantitative estimate of drug-likeness (QED) is 0.690. The van der Waals surface area contributed by atoms with Gasteiger partial charge in [-0.25, -0.2) is 17.9 Å². The third kappa shape index (κ3) is 5.61. The van der Waals surface area contributed by atoms with Crippen LogP contribution in [0.25, 0.3) is 0 Å². The van der Waals surface area contributed by atoms with Crippen molar-refractivity contribution in [1.82, 2.24) is 4.72 Å². The minimum atomic E-state index is -3.90. The molecule has 0 atom stereocenters. The highest BCUT2D eigenvalue weighted by Gasteiger charge is 2.27. The van der Waals surface area contributed by atoms with Crippen LogP contribution in [0.3, 0.4) is 0 Å². The Balaban J connectivity index is 3.08. The van der Waals surface area contributed by atoms with E-state index >= 15 is 0 Å². The van der Waals surface area contributed by atoms with Crippen molar-refractivity contribution in [3.63, 3.8) is 0 Å². The molecule has 1 rings (SSSR count). The van der Waals surface area contributed by atoms with Crippen molar-refractivity contribution in [2.75, 3.05) is 6.61 Å². The molecule has 0 aliphatic rings. The topological polar surface area (TPSA) is 110 Å². The lowest BCUT2D eigenvalue weighted by atomic mass is 10.0. The van der Waals surface area contributed by atoms with Crippen molar-refractivity contribution in [3.8, 4) is 0 Å². The van der Waals surface area contributed by atoms with E-state index in [0.29, 0.717) is 5.56 Å². The van der Waals surface area contributed by atoms with Crippen LogP contribution in [0.2, 0.25) is 0 Å². The van der Waals surface area contributed by atoms with Gasteiger partial charge >= 0.3 is 11.9 Å². The third-order valence-corrected chi connectivity index (χ3v) is 5.09. The molecule has 0 aliphatic carbocycles. The SMILES string of the molecule is CCOC(=O)c1cc(S(=O)(=O)NC(C)(C)CCC(=O)O)ccc1C. The zero-order valence-corrected chi connectivity index (χ0v) is 15.1. The molecule has 0 amide bonds. The monoisotopic (exact) mass is 357 g/mol. The van der Waals surface area contributed by atoms with E-state index in [1.807, 2.05) is 0 Å². The molecule has 0 aromatic heterocycles. The number of sulfonamides is 1. The van der Waals surface area contributed by atoms with E-state index in [4.69, 9.17) is 9.84 Å². The number of carboxylic acids is 1. The maximum Gasteiger partial charge on any atom is 0.338 e. The average molecular weight is 357 g/mol. The number of carbonyl (C=O) groups is 2. The molecule has 0 aliphatic heterocycles. The summed E-state index contributed by atoms with van der Waals surface area (Å²) in [7, 11) is -3.90. The summed E-state index contributed by atoms with van der Waals surface area (Å²) >= 11 is 0. The number of ether oxygens (including phenoxy) is 1. The second kappa shape index (κ2) is 7.76. The van der Waals surface area contributed by atoms with Crippen LogP contribution in [0, 0.1) is 6.92 Å². The Morgan fingerprint density at radius 3 is 2.46 bits per heavy atom. The van der Waals surface area contributed by atoms with Crippen molar-refractivity contribution in [1.29, 1.82) is 0 Å². The number of hydrogen-bond donors (Lipinski definition) is 2. The molecule has 0 bridgehead atoms. The summed E-state index contributed by atoms with van der Waals surface area (Å²) < 4.78 is 32.5. The Labute approximate surface area is 142 Å². The molecule has 1 aromatic carbocycles. The number of carboxylic acid groups (broad SMARTS) is 1. The van der Waals surface area contributed by atoms with Crippen LogP contribution in [0.4, 0.5) is 0 Å². The van der Waals surface area contributed by atoms with Crippen molar-refractivity contribution in [2.45, 2.75) is 51.0 Å². The van der Waals surface area contributed by atoms with Crippen LogP contribution in [0.5, 0.6) is 0 Å². The minimum Gasteiger partial charge on any atom is -0.481 e. The first-order valence-electron chi connectivity index (χ1n) is 7.52. The molecule has 0 radical (unpaired) electrons. The fraction of sp³-hybridized carbons (Fsp3) is 0.500. The molecule has 2 N–H and O–H groups in total. The molecule has 1 aromatic rings. The van der Waals surface area contributed by atoms with Gasteiger partial charge in [-0.2, -0.15) is 0 Å². The predicted molar refractivity (Wildman–Crippen MR) is 88.4 cm³/mol. The Kier molecular flexibility index (Phi) is 6.50. The fourth-order valence-corrected chi connectivity index (χ4v) is 3.56. The highest BCUT2D eigenvalue weighted by atomic mass is 32.2. The van der Waals surface area contributed by atoms with Gasteiger partial charge in [-0.15, -0.1) is 0 Å². The smallest absolute Gasteiger partial charge is 0.338 e. The second-order valence-electron chi connectivity index (χ2n) is 6.08. The van der Waals surface area contributed by atoms with Gasteiger partial charge in [0.05, 0.1) is 17.1 Å². The maximum absolute atomic E-state index is 12.5. The van der Waals surface area contributed by atoms with Crippen LogP contribution in [0.15, 0.2) is 23.1 Å². The number of esters is 1. The molecule has 134 valence electrons. The first kappa shape index (κ1) is 20.1. The zero-order chi connectivity index (χ0) is 18.5. The Hall–Kier alpha value is -1.93. The Morgan fingerprint density at radius 1 is 1.29 bits per heavy atom. The van der Waals surface area contributed by atoms with E-state index in [2.05, 4.69) is 4.72 Å². The van der Waals surface area contributed by atoms with E-state index in [1.165, 1.54) is 18.2 Å². The van der Waals surface area contributed by atoms with Gasteiger partial charge in [0.25, 0.3) is 0 Å². The van der Waals surface area contributed by atoms with Gasteiger partial charge in [-0.3, -0.25) is 4.79 Å². The van der Waals surface area contributed by atoms with E-state index in [-0.39, 0.29) is 29.9 Å². The molecule has 24 heavy (non-hydrogen) atoms. The van der Waals surface area contributed by atoms with E-state index in [1.54, 1.807) is 27.7 Å². The zero-order valence-electron chi connectivity index (χ0n) is 14.3. The number of hydrogen-bond acceptors (Lipinski definition) is 5.